The highest BCUT2D eigenvalue weighted by Gasteiger charge is 2.22. The second-order valence-corrected chi connectivity index (χ2v) is 6.26. The molecule has 1 amide bonds. The number of piperazine rings is 1. The van der Waals surface area contributed by atoms with Crippen LogP contribution in [-0.4, -0.2) is 49.6 Å². The number of anilines is 1. The maximum atomic E-state index is 12.4. The van der Waals surface area contributed by atoms with Gasteiger partial charge in [-0.15, -0.1) is 0 Å². The molecule has 2 aromatic rings. The molecule has 6 nitrogen and oxygen atoms in total. The van der Waals surface area contributed by atoms with Crippen molar-refractivity contribution >= 4 is 17.6 Å². The van der Waals surface area contributed by atoms with Crippen LogP contribution in [0, 0.1) is 6.92 Å². The highest BCUT2D eigenvalue weighted by Crippen LogP contribution is 2.19. The van der Waals surface area contributed by atoms with Gasteiger partial charge in [0, 0.05) is 31.9 Å². The van der Waals surface area contributed by atoms with E-state index in [2.05, 4.69) is 4.90 Å². The number of carbonyl (C=O) groups is 2. The van der Waals surface area contributed by atoms with Crippen LogP contribution in [-0.2, 0) is 4.79 Å². The number of carboxylic acid groups (broad SMARTS) is 1. The quantitative estimate of drug-likeness (QED) is 0.804. The van der Waals surface area contributed by atoms with Gasteiger partial charge in [0.25, 0.3) is 5.91 Å². The summed E-state index contributed by atoms with van der Waals surface area (Å²) in [5.74, 6) is -0.510. The molecular formula is C20H21N2O4-. The van der Waals surface area contributed by atoms with Crippen LogP contribution >= 0.6 is 0 Å². The van der Waals surface area contributed by atoms with Gasteiger partial charge in [-0.3, -0.25) is 4.79 Å². The third kappa shape index (κ3) is 4.14. The van der Waals surface area contributed by atoms with Crippen LogP contribution in [0.2, 0.25) is 0 Å². The summed E-state index contributed by atoms with van der Waals surface area (Å²) >= 11 is 0. The molecule has 0 aliphatic carbocycles. The lowest BCUT2D eigenvalue weighted by molar-refractivity contribution is -0.255. The second-order valence-electron chi connectivity index (χ2n) is 6.26. The number of hydrogen-bond acceptors (Lipinski definition) is 5. The first-order chi connectivity index (χ1) is 12.5. The molecule has 0 atom stereocenters. The van der Waals surface area contributed by atoms with E-state index in [9.17, 15) is 14.7 Å². The predicted octanol–water partition coefficient (Wildman–Crippen LogP) is 1.09. The molecule has 0 spiro atoms. The molecule has 3 rings (SSSR count). The number of hydrogen-bond donors (Lipinski definition) is 0. The van der Waals surface area contributed by atoms with E-state index < -0.39 is 5.97 Å². The maximum absolute atomic E-state index is 12.4. The maximum Gasteiger partial charge on any atom is 0.260 e. The van der Waals surface area contributed by atoms with Crippen LogP contribution in [0.5, 0.6) is 5.75 Å². The Morgan fingerprint density at radius 2 is 1.77 bits per heavy atom. The molecule has 1 heterocycles. The van der Waals surface area contributed by atoms with Crippen molar-refractivity contribution in [3.8, 4) is 5.75 Å². The topological polar surface area (TPSA) is 72.9 Å². The van der Waals surface area contributed by atoms with Gasteiger partial charge >= 0.3 is 0 Å². The molecule has 0 saturated carbocycles. The van der Waals surface area contributed by atoms with E-state index in [0.717, 1.165) is 17.0 Å². The summed E-state index contributed by atoms with van der Waals surface area (Å²) in [6.45, 7) is 4.40. The molecule has 6 heteroatoms. The minimum absolute atomic E-state index is 0.0189. The van der Waals surface area contributed by atoms with Crippen molar-refractivity contribution in [3.05, 3.63) is 59.7 Å². The molecule has 1 fully saturated rings. The first-order valence-electron chi connectivity index (χ1n) is 8.57. The molecule has 0 bridgehead atoms. The number of benzene rings is 2. The fraction of sp³-hybridized carbons (Fsp3) is 0.300. The van der Waals surface area contributed by atoms with Gasteiger partial charge in [0.1, 0.15) is 5.75 Å². The van der Waals surface area contributed by atoms with Crippen molar-refractivity contribution in [2.45, 2.75) is 6.92 Å². The zero-order chi connectivity index (χ0) is 18.5. The first kappa shape index (κ1) is 17.8. The lowest BCUT2D eigenvalue weighted by Gasteiger charge is -2.36. The third-order valence-electron chi connectivity index (χ3n) is 4.52. The Balaban J connectivity index is 1.53. The van der Waals surface area contributed by atoms with Gasteiger partial charge < -0.3 is 24.4 Å². The summed E-state index contributed by atoms with van der Waals surface area (Å²) in [5, 5.41) is 11.0. The number of para-hydroxylation sites is 1. The molecule has 1 aliphatic heterocycles. The standard InChI is InChI=1S/C20H22N2O4/c1-15-5-2-3-8-18(15)26-14-19(23)22-11-9-21(10-12-22)17-7-4-6-16(13-17)20(24)25/h2-8,13H,9-12,14H2,1H3,(H,24,25)/p-1. The average molecular weight is 353 g/mol. The molecule has 1 saturated heterocycles. The molecule has 2 aromatic carbocycles. The van der Waals surface area contributed by atoms with Crippen molar-refractivity contribution in [1.82, 2.24) is 4.90 Å². The Labute approximate surface area is 152 Å². The first-order valence-corrected chi connectivity index (χ1v) is 8.57. The molecule has 0 aromatic heterocycles. The predicted molar refractivity (Wildman–Crippen MR) is 96.2 cm³/mol. The third-order valence-corrected chi connectivity index (χ3v) is 4.52. The van der Waals surface area contributed by atoms with Gasteiger partial charge in [-0.05, 0) is 36.2 Å². The number of carbonyl (C=O) groups excluding carboxylic acids is 2. The van der Waals surface area contributed by atoms with E-state index in [1.165, 1.54) is 6.07 Å². The number of amides is 1. The van der Waals surface area contributed by atoms with Gasteiger partial charge in [-0.25, -0.2) is 0 Å². The summed E-state index contributed by atoms with van der Waals surface area (Å²) in [6.07, 6.45) is 0. The molecule has 1 aliphatic rings. The minimum Gasteiger partial charge on any atom is -0.545 e. The fourth-order valence-electron chi connectivity index (χ4n) is 2.99. The highest BCUT2D eigenvalue weighted by molar-refractivity contribution is 5.87. The van der Waals surface area contributed by atoms with Crippen LogP contribution in [0.25, 0.3) is 0 Å². The Morgan fingerprint density at radius 3 is 2.46 bits per heavy atom. The zero-order valence-corrected chi connectivity index (χ0v) is 14.7. The average Bonchev–Trinajstić information content (AvgIpc) is 2.67. The van der Waals surface area contributed by atoms with E-state index in [0.29, 0.717) is 26.2 Å². The number of aryl methyl sites for hydroxylation is 1. The van der Waals surface area contributed by atoms with Gasteiger partial charge in [0.15, 0.2) is 6.61 Å². The van der Waals surface area contributed by atoms with E-state index in [4.69, 9.17) is 4.74 Å². The fourth-order valence-corrected chi connectivity index (χ4v) is 2.99. The Hall–Kier alpha value is -3.02. The van der Waals surface area contributed by atoms with Crippen molar-refractivity contribution < 1.29 is 19.4 Å². The summed E-state index contributed by atoms with van der Waals surface area (Å²) in [7, 11) is 0. The Bertz CT molecular complexity index is 798. The van der Waals surface area contributed by atoms with Crippen molar-refractivity contribution in [2.24, 2.45) is 0 Å². The highest BCUT2D eigenvalue weighted by atomic mass is 16.5. The Morgan fingerprint density at radius 1 is 1.04 bits per heavy atom. The number of ether oxygens (including phenoxy) is 1. The van der Waals surface area contributed by atoms with Gasteiger partial charge in [-0.1, -0.05) is 30.3 Å². The van der Waals surface area contributed by atoms with Crippen molar-refractivity contribution in [3.63, 3.8) is 0 Å². The summed E-state index contributed by atoms with van der Waals surface area (Å²) < 4.78 is 5.63. The minimum atomic E-state index is -1.19. The van der Waals surface area contributed by atoms with Crippen LogP contribution in [0.1, 0.15) is 15.9 Å². The number of rotatable bonds is 5. The molecule has 136 valence electrons. The van der Waals surface area contributed by atoms with E-state index >= 15 is 0 Å². The largest absolute Gasteiger partial charge is 0.545 e. The van der Waals surface area contributed by atoms with E-state index in [1.54, 1.807) is 17.0 Å². The molecular weight excluding hydrogens is 332 g/mol. The Kier molecular flexibility index (Phi) is 5.41. The SMILES string of the molecule is Cc1ccccc1OCC(=O)N1CCN(c2cccc(C(=O)[O-])c2)CC1. The van der Waals surface area contributed by atoms with Crippen LogP contribution in [0.3, 0.4) is 0 Å². The van der Waals surface area contributed by atoms with Crippen molar-refractivity contribution in [2.75, 3.05) is 37.7 Å². The van der Waals surface area contributed by atoms with Crippen LogP contribution in [0.4, 0.5) is 5.69 Å². The molecule has 0 N–H and O–H groups in total. The van der Waals surface area contributed by atoms with Crippen LogP contribution < -0.4 is 14.7 Å². The normalized spacial score (nSPS) is 14.2. The van der Waals surface area contributed by atoms with E-state index in [-0.39, 0.29) is 18.1 Å². The number of nitrogens with zero attached hydrogens (tertiary/aromatic N) is 2. The number of aromatic carboxylic acids is 1. The van der Waals surface area contributed by atoms with Crippen molar-refractivity contribution in [1.29, 1.82) is 0 Å². The summed E-state index contributed by atoms with van der Waals surface area (Å²) in [6, 6.07) is 14.3. The smallest absolute Gasteiger partial charge is 0.260 e. The summed E-state index contributed by atoms with van der Waals surface area (Å²) in [4.78, 5) is 27.2. The molecule has 0 radical (unpaired) electrons. The molecule has 0 unspecified atom stereocenters. The van der Waals surface area contributed by atoms with Gasteiger partial charge in [-0.2, -0.15) is 0 Å². The van der Waals surface area contributed by atoms with Gasteiger partial charge in [0.05, 0.1) is 5.97 Å². The molecule has 26 heavy (non-hydrogen) atoms. The summed E-state index contributed by atoms with van der Waals surface area (Å²) in [5.41, 5.74) is 1.99. The monoisotopic (exact) mass is 353 g/mol. The zero-order valence-electron chi connectivity index (χ0n) is 14.7. The lowest BCUT2D eigenvalue weighted by atomic mass is 10.1. The number of carboxylic acids is 1. The van der Waals surface area contributed by atoms with Crippen LogP contribution in [0.15, 0.2) is 48.5 Å². The lowest BCUT2D eigenvalue weighted by Crippen LogP contribution is -2.50. The van der Waals surface area contributed by atoms with Gasteiger partial charge in [0.2, 0.25) is 0 Å². The second kappa shape index (κ2) is 7.91. The van der Waals surface area contributed by atoms with E-state index in [1.807, 2.05) is 37.3 Å².